The number of carbonyl (C=O) groups is 1. The molecule has 1 atom stereocenters. The van der Waals surface area contributed by atoms with Crippen LogP contribution in [0.5, 0.6) is 0 Å². The molecule has 1 N–H and O–H groups in total. The second kappa shape index (κ2) is 8.78. The Kier molecular flexibility index (Phi) is 5.95. The maximum absolute atomic E-state index is 13.8. The molecule has 150 valence electrons. The molecule has 1 unspecified atom stereocenters. The number of rotatable bonds is 6. The maximum atomic E-state index is 13.8. The van der Waals surface area contributed by atoms with E-state index in [1.54, 1.807) is 18.2 Å². The van der Waals surface area contributed by atoms with Crippen molar-refractivity contribution < 1.29 is 9.18 Å². The van der Waals surface area contributed by atoms with E-state index in [0.717, 1.165) is 41.1 Å². The van der Waals surface area contributed by atoms with E-state index in [4.69, 9.17) is 11.6 Å². The van der Waals surface area contributed by atoms with Crippen molar-refractivity contribution in [2.45, 2.75) is 44.7 Å². The summed E-state index contributed by atoms with van der Waals surface area (Å²) in [6, 6.07) is 14.3. The summed E-state index contributed by atoms with van der Waals surface area (Å²) < 4.78 is 15.7. The molecule has 3 aromatic rings. The van der Waals surface area contributed by atoms with Crippen LogP contribution in [0.25, 0.3) is 0 Å². The van der Waals surface area contributed by atoms with Crippen molar-refractivity contribution in [2.75, 3.05) is 0 Å². The predicted octanol–water partition coefficient (Wildman–Crippen LogP) is 4.85. The molecular weight excluding hydrogens is 389 g/mol. The molecule has 6 heteroatoms. The summed E-state index contributed by atoms with van der Waals surface area (Å²) in [6.45, 7) is 0.614. The minimum atomic E-state index is -0.263. The van der Waals surface area contributed by atoms with Gasteiger partial charge in [-0.2, -0.15) is 5.10 Å². The van der Waals surface area contributed by atoms with Gasteiger partial charge in [-0.3, -0.25) is 9.48 Å². The Bertz CT molecular complexity index is 1020. The zero-order valence-corrected chi connectivity index (χ0v) is 16.8. The van der Waals surface area contributed by atoms with E-state index in [1.165, 1.54) is 6.07 Å². The molecule has 0 saturated carbocycles. The molecule has 1 aliphatic rings. The van der Waals surface area contributed by atoms with Crippen LogP contribution in [-0.2, 0) is 24.2 Å². The molecule has 1 aromatic heterocycles. The van der Waals surface area contributed by atoms with Gasteiger partial charge in [0.2, 0.25) is 5.91 Å². The number of aryl methyl sites for hydroxylation is 1. The van der Waals surface area contributed by atoms with Crippen molar-refractivity contribution in [3.05, 3.63) is 88.0 Å². The van der Waals surface area contributed by atoms with Gasteiger partial charge in [-0.1, -0.05) is 48.0 Å². The second-order valence-corrected chi connectivity index (χ2v) is 7.81. The molecular formula is C23H23ClFN3O. The first-order chi connectivity index (χ1) is 14.1. The van der Waals surface area contributed by atoms with Crippen LogP contribution in [0, 0.1) is 5.82 Å². The molecule has 4 rings (SSSR count). The summed E-state index contributed by atoms with van der Waals surface area (Å²) in [5.41, 5.74) is 3.81. The number of benzene rings is 2. The number of hydrogen-bond acceptors (Lipinski definition) is 2. The summed E-state index contributed by atoms with van der Waals surface area (Å²) in [5, 5.41) is 8.39. The van der Waals surface area contributed by atoms with Crippen LogP contribution < -0.4 is 5.32 Å². The molecule has 0 radical (unpaired) electrons. The molecule has 0 aliphatic heterocycles. The van der Waals surface area contributed by atoms with Gasteiger partial charge in [-0.25, -0.2) is 4.39 Å². The summed E-state index contributed by atoms with van der Waals surface area (Å²) in [7, 11) is 0. The van der Waals surface area contributed by atoms with Crippen LogP contribution in [0.1, 0.15) is 47.7 Å². The Balaban J connectivity index is 1.42. The number of fused-ring (bicyclic) bond motifs is 1. The summed E-state index contributed by atoms with van der Waals surface area (Å²) in [5.74, 6) is -0.328. The maximum Gasteiger partial charge on any atom is 0.220 e. The fourth-order valence-electron chi connectivity index (χ4n) is 3.91. The third-order valence-electron chi connectivity index (χ3n) is 5.46. The third-order valence-corrected chi connectivity index (χ3v) is 5.82. The van der Waals surface area contributed by atoms with E-state index in [-0.39, 0.29) is 24.2 Å². The first-order valence-corrected chi connectivity index (χ1v) is 10.3. The van der Waals surface area contributed by atoms with Crippen molar-refractivity contribution in [1.82, 2.24) is 15.1 Å². The highest BCUT2D eigenvalue weighted by molar-refractivity contribution is 6.31. The smallest absolute Gasteiger partial charge is 0.220 e. The summed E-state index contributed by atoms with van der Waals surface area (Å²) >= 11 is 6.29. The Labute approximate surface area is 174 Å². The number of nitrogens with one attached hydrogen (secondary N) is 1. The lowest BCUT2D eigenvalue weighted by Crippen LogP contribution is -2.31. The Hall–Kier alpha value is -2.66. The van der Waals surface area contributed by atoms with Gasteiger partial charge in [0.15, 0.2) is 0 Å². The zero-order valence-electron chi connectivity index (χ0n) is 16.1. The second-order valence-electron chi connectivity index (χ2n) is 7.40. The van der Waals surface area contributed by atoms with Crippen molar-refractivity contribution >= 4 is 17.5 Å². The fourth-order valence-corrected chi connectivity index (χ4v) is 4.10. The number of hydrogen-bond donors (Lipinski definition) is 1. The lowest BCUT2D eigenvalue weighted by molar-refractivity contribution is -0.121. The van der Waals surface area contributed by atoms with E-state index < -0.39 is 0 Å². The standard InChI is InChI=1S/C23H23ClFN3O/c24-19-8-3-1-7-17(19)15-28-22-11-5-10-21(18(22)14-26-28)27-23(29)13-12-16-6-2-4-9-20(16)25/h1-4,6-9,14,21H,5,10-13,15H2,(H,27,29). The number of carbonyl (C=O) groups excluding carboxylic acids is 1. The van der Waals surface area contributed by atoms with Crippen molar-refractivity contribution in [2.24, 2.45) is 0 Å². The van der Waals surface area contributed by atoms with Gasteiger partial charge >= 0.3 is 0 Å². The van der Waals surface area contributed by atoms with Crippen LogP contribution in [-0.4, -0.2) is 15.7 Å². The van der Waals surface area contributed by atoms with E-state index >= 15 is 0 Å². The number of nitrogens with zero attached hydrogens (tertiary/aromatic N) is 2. The van der Waals surface area contributed by atoms with Crippen molar-refractivity contribution in [3.63, 3.8) is 0 Å². The van der Waals surface area contributed by atoms with Crippen LogP contribution in [0.15, 0.2) is 54.7 Å². The van der Waals surface area contributed by atoms with Crippen LogP contribution in [0.2, 0.25) is 5.02 Å². The minimum Gasteiger partial charge on any atom is -0.349 e. The Morgan fingerprint density at radius 2 is 1.93 bits per heavy atom. The average Bonchev–Trinajstić information content (AvgIpc) is 3.13. The number of aromatic nitrogens is 2. The lowest BCUT2D eigenvalue weighted by atomic mass is 9.92. The van der Waals surface area contributed by atoms with Crippen molar-refractivity contribution in [1.29, 1.82) is 0 Å². The SMILES string of the molecule is O=C(CCc1ccccc1F)NC1CCCc2c1cnn2Cc1ccccc1Cl. The van der Waals surface area contributed by atoms with E-state index in [0.29, 0.717) is 18.5 Å². The first-order valence-electron chi connectivity index (χ1n) is 9.92. The molecule has 2 aromatic carbocycles. The number of amides is 1. The normalized spacial score (nSPS) is 15.7. The monoisotopic (exact) mass is 411 g/mol. The molecule has 0 spiro atoms. The van der Waals surface area contributed by atoms with E-state index in [9.17, 15) is 9.18 Å². The van der Waals surface area contributed by atoms with Gasteiger partial charge in [-0.15, -0.1) is 0 Å². The third kappa shape index (κ3) is 4.51. The van der Waals surface area contributed by atoms with Crippen molar-refractivity contribution in [3.8, 4) is 0 Å². The highest BCUT2D eigenvalue weighted by Gasteiger charge is 2.25. The average molecular weight is 412 g/mol. The first kappa shape index (κ1) is 19.6. The molecule has 1 amide bonds. The van der Waals surface area contributed by atoms with E-state index in [1.807, 2.05) is 35.1 Å². The summed E-state index contributed by atoms with van der Waals surface area (Å²) in [6.07, 6.45) is 5.31. The van der Waals surface area contributed by atoms with Gasteiger partial charge in [0.05, 0.1) is 18.8 Å². The molecule has 1 heterocycles. The Morgan fingerprint density at radius 3 is 2.72 bits per heavy atom. The zero-order chi connectivity index (χ0) is 20.2. The Morgan fingerprint density at radius 1 is 1.17 bits per heavy atom. The summed E-state index contributed by atoms with van der Waals surface area (Å²) in [4.78, 5) is 12.5. The van der Waals surface area contributed by atoms with Crippen LogP contribution >= 0.6 is 11.6 Å². The van der Waals surface area contributed by atoms with Gasteiger partial charge in [0.25, 0.3) is 0 Å². The highest BCUT2D eigenvalue weighted by Crippen LogP contribution is 2.30. The molecule has 29 heavy (non-hydrogen) atoms. The molecule has 0 bridgehead atoms. The number of halogens is 2. The van der Waals surface area contributed by atoms with Gasteiger partial charge in [0, 0.05) is 22.7 Å². The fraction of sp³-hybridized carbons (Fsp3) is 0.304. The highest BCUT2D eigenvalue weighted by atomic mass is 35.5. The quantitative estimate of drug-likeness (QED) is 0.630. The van der Waals surface area contributed by atoms with Gasteiger partial charge in [-0.05, 0) is 48.9 Å². The van der Waals surface area contributed by atoms with Crippen LogP contribution in [0.3, 0.4) is 0 Å². The largest absolute Gasteiger partial charge is 0.349 e. The minimum absolute atomic E-state index is 0.0492. The molecule has 4 nitrogen and oxygen atoms in total. The topological polar surface area (TPSA) is 46.9 Å². The van der Waals surface area contributed by atoms with E-state index in [2.05, 4.69) is 10.4 Å². The lowest BCUT2D eigenvalue weighted by Gasteiger charge is -2.24. The molecule has 1 aliphatic carbocycles. The molecule has 0 fully saturated rings. The van der Waals surface area contributed by atoms with Gasteiger partial charge < -0.3 is 5.32 Å². The van der Waals surface area contributed by atoms with Gasteiger partial charge in [0.1, 0.15) is 5.82 Å². The van der Waals surface area contributed by atoms with Crippen LogP contribution in [0.4, 0.5) is 4.39 Å². The molecule has 0 saturated heterocycles. The predicted molar refractivity (Wildman–Crippen MR) is 111 cm³/mol.